The molecule has 29 atom stereocenters. The second-order valence-corrected chi connectivity index (χ2v) is 27.2. The van der Waals surface area contributed by atoms with Crippen LogP contribution in [0.2, 0.25) is 0 Å². The van der Waals surface area contributed by atoms with Crippen LogP contribution in [0, 0.1) is 0 Å². The molecule has 24 unspecified atom stereocenters. The number of allylic oxidation sites excluding steroid dienone is 2. The van der Waals surface area contributed by atoms with Crippen molar-refractivity contribution >= 4 is 29.6 Å². The third kappa shape index (κ3) is 24.3. The Balaban J connectivity index is 1.18. The minimum atomic E-state index is -2.38. The predicted octanol–water partition coefficient (Wildman–Crippen LogP) is -4.63. The number of rotatable bonds is 39. The summed E-state index contributed by atoms with van der Waals surface area (Å²) in [6.07, 6.45) is -20.4. The van der Waals surface area contributed by atoms with Gasteiger partial charge >= 0.3 is 5.97 Å². The Morgan fingerprint density at radius 2 is 1.20 bits per heavy atom. The van der Waals surface area contributed by atoms with Crippen LogP contribution in [0.25, 0.3) is 0 Å². The number of unbranched alkanes of at least 4 members (excludes halogenated alkanes) is 11. The number of esters is 1. The van der Waals surface area contributed by atoms with Crippen LogP contribution in [0.4, 0.5) is 0 Å². The summed E-state index contributed by atoms with van der Waals surface area (Å²) < 4.78 is 71.1. The molecule has 6 aliphatic rings. The van der Waals surface area contributed by atoms with Crippen molar-refractivity contribution in [2.24, 2.45) is 0 Å². The normalized spacial score (nSPS) is 38.5. The number of ether oxygens (including phenoxy) is 12. The zero-order valence-corrected chi connectivity index (χ0v) is 59.5. The Morgan fingerprint density at radius 3 is 1.79 bits per heavy atom. The van der Waals surface area contributed by atoms with E-state index >= 15 is 0 Å². The SMILES string of the molecule is CCCCCC/C=C\CCCCCCCCCC(=O)NC1C(OCC2(O)CC(CO)OC(O[C@@H]3C(CO)OCC(N(O[C@@H]4C(CO)OC(O[C@@H]5C(COC6OC(C)[C@@H](O)C(O)C6OC)OC(O)C(NC(C)=O)C5O)C(NC(C)O)C4O)C(C)=O)C3O)C2NC(C)=O)OC(COC(C)=O)[C@@H](O)C1O. The lowest BCUT2D eigenvalue weighted by Gasteiger charge is -2.51. The van der Waals surface area contributed by atoms with E-state index in [-0.39, 0.29) is 6.42 Å². The highest BCUT2D eigenvalue weighted by Crippen LogP contribution is 2.38. The number of methoxy groups -OCH3 is 1. The van der Waals surface area contributed by atoms with Crippen molar-refractivity contribution in [2.75, 3.05) is 53.4 Å². The first kappa shape index (κ1) is 87.0. The number of nitrogens with one attached hydrogen (secondary N) is 4. The molecule has 0 aliphatic carbocycles. The fraction of sp³-hybridized carbons (Fsp3) is 0.894. The number of nitrogens with zero attached hydrogens (tertiary/aromatic N) is 1. The molecule has 6 saturated heterocycles. The van der Waals surface area contributed by atoms with E-state index < -0.39 is 260 Å². The van der Waals surface area contributed by atoms with E-state index in [0.717, 1.165) is 79.1 Å². The van der Waals surface area contributed by atoms with Crippen LogP contribution < -0.4 is 21.3 Å². The van der Waals surface area contributed by atoms with E-state index in [1.165, 1.54) is 46.6 Å². The number of carbonyl (C=O) groups excluding carboxylic acids is 5. The molecule has 17 N–H and O–H groups in total. The number of amides is 4. The van der Waals surface area contributed by atoms with E-state index in [1.807, 2.05) is 0 Å². The van der Waals surface area contributed by atoms with Gasteiger partial charge in [0.1, 0.15) is 134 Å². The van der Waals surface area contributed by atoms with Gasteiger partial charge in [0.15, 0.2) is 31.5 Å². The van der Waals surface area contributed by atoms with E-state index in [0.29, 0.717) is 11.5 Å². The molecule has 0 radical (unpaired) electrons. The Bertz CT molecular complexity index is 2560. The predicted molar refractivity (Wildman–Crippen MR) is 349 cm³/mol. The second-order valence-electron chi connectivity index (χ2n) is 27.2. The van der Waals surface area contributed by atoms with Crippen LogP contribution in [-0.2, 0) is 85.7 Å². The summed E-state index contributed by atoms with van der Waals surface area (Å²) in [5, 5.41) is 158. The highest BCUT2D eigenvalue weighted by Gasteiger charge is 2.58. The quantitative estimate of drug-likeness (QED) is 0.00905. The van der Waals surface area contributed by atoms with Gasteiger partial charge in [-0.2, -0.15) is 0 Å². The van der Waals surface area contributed by atoms with Crippen molar-refractivity contribution in [3.05, 3.63) is 12.2 Å². The highest BCUT2D eigenvalue weighted by molar-refractivity contribution is 5.76. The third-order valence-corrected chi connectivity index (χ3v) is 19.0. The lowest BCUT2D eigenvalue weighted by molar-refractivity contribution is -0.363. The maximum Gasteiger partial charge on any atom is 0.302 e. The minimum absolute atomic E-state index is 0.0197. The molecule has 0 aromatic heterocycles. The van der Waals surface area contributed by atoms with Gasteiger partial charge in [-0.05, 0) is 46.0 Å². The summed E-state index contributed by atoms with van der Waals surface area (Å²) in [5.74, 6) is -3.79. The Labute approximate surface area is 593 Å². The summed E-state index contributed by atoms with van der Waals surface area (Å²) in [6, 6.07) is -8.18. The van der Waals surface area contributed by atoms with Crippen molar-refractivity contribution < 1.29 is 152 Å². The molecule has 6 fully saturated rings. The van der Waals surface area contributed by atoms with Crippen LogP contribution >= 0.6 is 0 Å². The highest BCUT2D eigenvalue weighted by atomic mass is 16.8. The first-order valence-electron chi connectivity index (χ1n) is 35.5. The Morgan fingerprint density at radius 1 is 0.588 bits per heavy atom. The molecule has 6 heterocycles. The number of hydrogen-bond donors (Lipinski definition) is 17. The van der Waals surface area contributed by atoms with Crippen LogP contribution in [0.15, 0.2) is 12.2 Å². The molecule has 4 amide bonds. The van der Waals surface area contributed by atoms with Crippen LogP contribution in [0.3, 0.4) is 0 Å². The molecule has 0 aromatic carbocycles. The first-order chi connectivity index (χ1) is 48.5. The molecule has 0 bridgehead atoms. The average Bonchev–Trinajstić information content (AvgIpc) is 0.769. The number of carbonyl (C=O) groups is 5. The maximum absolute atomic E-state index is 13.9. The molecule has 0 saturated carbocycles. The number of hydrogen-bond acceptors (Lipinski definition) is 32. The van der Waals surface area contributed by atoms with Gasteiger partial charge in [0.05, 0.1) is 57.9 Å². The van der Waals surface area contributed by atoms with Crippen LogP contribution in [-0.4, -0.2) is 332 Å². The summed E-state index contributed by atoms with van der Waals surface area (Å²) in [5.41, 5.74) is -2.38. The Kier molecular flexibility index (Phi) is 36.3. The molecular weight excluding hydrogens is 1360 g/mol. The van der Waals surface area contributed by atoms with Crippen molar-refractivity contribution in [1.82, 2.24) is 26.3 Å². The Hall–Kier alpha value is -3.95. The van der Waals surface area contributed by atoms with E-state index in [4.69, 9.17) is 61.7 Å². The zero-order valence-electron chi connectivity index (χ0n) is 59.5. The van der Waals surface area contributed by atoms with Gasteiger partial charge in [-0.15, -0.1) is 0 Å². The van der Waals surface area contributed by atoms with Gasteiger partial charge in [0.2, 0.25) is 23.6 Å². The van der Waals surface area contributed by atoms with Crippen molar-refractivity contribution in [3.63, 3.8) is 0 Å². The maximum atomic E-state index is 13.9. The third-order valence-electron chi connectivity index (χ3n) is 19.0. The topological polar surface area (TPSA) is 520 Å². The lowest BCUT2D eigenvalue weighted by atomic mass is 9.85. The van der Waals surface area contributed by atoms with Gasteiger partial charge < -0.3 is 139 Å². The van der Waals surface area contributed by atoms with Crippen molar-refractivity contribution in [3.8, 4) is 0 Å². The molecular formula is C66H115N5O31. The summed E-state index contributed by atoms with van der Waals surface area (Å²) in [4.78, 5) is 71.0. The van der Waals surface area contributed by atoms with Gasteiger partial charge in [0, 0.05) is 47.6 Å². The van der Waals surface area contributed by atoms with E-state index in [2.05, 4.69) is 40.3 Å². The van der Waals surface area contributed by atoms with Crippen molar-refractivity contribution in [1.29, 1.82) is 0 Å². The second kappa shape index (κ2) is 42.6. The number of aliphatic hydroxyl groups excluding tert-OH is 12. The average molecular weight is 1470 g/mol. The zero-order chi connectivity index (χ0) is 75.1. The van der Waals surface area contributed by atoms with Crippen molar-refractivity contribution in [2.45, 2.75) is 322 Å². The molecule has 6 aliphatic heterocycles. The molecule has 590 valence electrons. The van der Waals surface area contributed by atoms with Gasteiger partial charge in [-0.3, -0.25) is 34.1 Å². The molecule has 36 nitrogen and oxygen atoms in total. The molecule has 102 heavy (non-hydrogen) atoms. The summed E-state index contributed by atoms with van der Waals surface area (Å²) in [7, 11) is 1.22. The monoisotopic (exact) mass is 1470 g/mol. The van der Waals surface area contributed by atoms with E-state index in [9.17, 15) is 90.4 Å². The van der Waals surface area contributed by atoms with Gasteiger partial charge in [-0.1, -0.05) is 70.4 Å². The summed E-state index contributed by atoms with van der Waals surface area (Å²) in [6.45, 7) is 3.69. The molecule has 0 spiro atoms. The fourth-order valence-corrected chi connectivity index (χ4v) is 13.5. The first-order valence-corrected chi connectivity index (χ1v) is 35.5. The standard InChI is InChI=1S/C66H115N5O31/c1-9-10-11-12-13-14-15-16-17-18-19-20-21-22-23-24-45(80)70-47-52(84)51(83)43(30-91-38(7)79)99-62(47)94-32-66(89)25-39(26-72)96-65(60(66)69-36(5)77)101-56-41(27-73)92-29-40(50(56)82)71(37(6)78)102-58-42(28-74)98-63(48(54(58)86)68-35(4)76)100-57-44(97-61(88)46(53(57)85)67-34(3)75)31-93-64-59(90-8)55(87)49(81)33(2)95-64/h14-15,33,35,39-44,46-65,68,72-74,76,81-89H,9-13,16-32H2,1-8H3,(H,67,75)(H,69,77)(H,70,80)/b15-14-/t33?,35?,39?,40?,41?,42?,43?,44?,46?,47?,48?,49-,50?,51-,52?,53?,54?,55?,56-,57-,58-,59?,60?,61?,62?,63?,64?,65?,66?/m1/s1. The lowest BCUT2D eigenvalue weighted by Crippen LogP contribution is -2.71. The van der Waals surface area contributed by atoms with E-state index in [1.54, 1.807) is 0 Å². The van der Waals surface area contributed by atoms with Crippen LogP contribution in [0.1, 0.15) is 145 Å². The summed E-state index contributed by atoms with van der Waals surface area (Å²) >= 11 is 0. The molecule has 36 heteroatoms. The minimum Gasteiger partial charge on any atom is -0.463 e. The smallest absolute Gasteiger partial charge is 0.302 e. The number of aliphatic hydroxyl groups is 13. The van der Waals surface area contributed by atoms with Gasteiger partial charge in [-0.25, -0.2) is 5.06 Å². The number of hydroxylamine groups is 2. The largest absolute Gasteiger partial charge is 0.463 e. The molecule has 6 rings (SSSR count). The molecule has 0 aromatic rings. The fourth-order valence-electron chi connectivity index (χ4n) is 13.5. The van der Waals surface area contributed by atoms with Crippen LogP contribution in [0.5, 0.6) is 0 Å². The van der Waals surface area contributed by atoms with Gasteiger partial charge in [0.25, 0.3) is 0 Å².